The molecule has 0 rings (SSSR count). The van der Waals surface area contributed by atoms with Crippen LogP contribution in [0, 0.1) is 6.92 Å². The minimum Gasteiger partial charge on any atom is -0.317 e. The summed E-state index contributed by atoms with van der Waals surface area (Å²) >= 11 is 0. The van der Waals surface area contributed by atoms with E-state index in [1.165, 1.54) is 0 Å². The zero-order valence-electron chi connectivity index (χ0n) is 7.23. The molecule has 0 aromatic rings. The van der Waals surface area contributed by atoms with Crippen LogP contribution in [0.25, 0.3) is 0 Å². The van der Waals surface area contributed by atoms with Crippen molar-refractivity contribution in [2.45, 2.75) is 32.6 Å². The van der Waals surface area contributed by atoms with Gasteiger partial charge in [0.05, 0.1) is 0 Å². The molecule has 1 N–H and O–H groups in total. The smallest absolute Gasteiger partial charge is 0.129 e. The van der Waals surface area contributed by atoms with E-state index in [9.17, 15) is 4.79 Å². The number of carbonyl (C=O) groups is 1. The van der Waals surface area contributed by atoms with Crippen LogP contribution in [-0.2, 0) is 4.79 Å². The van der Waals surface area contributed by atoms with Gasteiger partial charge in [-0.1, -0.05) is 0 Å². The Bertz CT molecular complexity index is 102. The Morgan fingerprint density at radius 3 is 2.55 bits per heavy atom. The third kappa shape index (κ3) is 9.63. The van der Waals surface area contributed by atoms with Gasteiger partial charge in [0.25, 0.3) is 0 Å². The highest BCUT2D eigenvalue weighted by Crippen LogP contribution is 1.88. The van der Waals surface area contributed by atoms with E-state index in [-0.39, 0.29) is 5.78 Å². The summed E-state index contributed by atoms with van der Waals surface area (Å²) in [5.74, 6) is 0.269. The standard InChI is InChI=1S/C9H17NO/c1-3-4-7-10-8-5-6-9(2)11/h1,10H,3-8H2,2H3. The Labute approximate surface area is 69.4 Å². The molecule has 0 unspecified atom stereocenters. The third-order valence-electron chi connectivity index (χ3n) is 1.44. The second kappa shape index (κ2) is 7.73. The van der Waals surface area contributed by atoms with Crippen LogP contribution in [0.3, 0.4) is 0 Å². The van der Waals surface area contributed by atoms with Crippen LogP contribution < -0.4 is 5.32 Å². The second-order valence-corrected chi connectivity index (χ2v) is 2.70. The third-order valence-corrected chi connectivity index (χ3v) is 1.44. The largest absolute Gasteiger partial charge is 0.317 e. The van der Waals surface area contributed by atoms with E-state index in [0.717, 1.165) is 32.4 Å². The minimum absolute atomic E-state index is 0.269. The number of unbranched alkanes of at least 4 members (excludes halogenated alkanes) is 1. The van der Waals surface area contributed by atoms with Crippen LogP contribution in [0.1, 0.15) is 32.6 Å². The maximum atomic E-state index is 10.5. The van der Waals surface area contributed by atoms with Gasteiger partial charge in [-0.05, 0) is 46.2 Å². The van der Waals surface area contributed by atoms with Crippen LogP contribution in [0.15, 0.2) is 0 Å². The van der Waals surface area contributed by atoms with E-state index in [4.69, 9.17) is 6.92 Å². The van der Waals surface area contributed by atoms with Gasteiger partial charge >= 0.3 is 0 Å². The molecule has 2 nitrogen and oxygen atoms in total. The lowest BCUT2D eigenvalue weighted by atomic mass is 10.2. The molecule has 0 atom stereocenters. The summed E-state index contributed by atoms with van der Waals surface area (Å²) in [4.78, 5) is 10.5. The number of Topliss-reactive ketones (excluding diaryl/α,β-unsaturated/α-hetero) is 1. The molecule has 0 spiro atoms. The zero-order valence-corrected chi connectivity index (χ0v) is 7.23. The Morgan fingerprint density at radius 2 is 2.00 bits per heavy atom. The molecular formula is C9H17NO. The van der Waals surface area contributed by atoms with Gasteiger partial charge in [-0.2, -0.15) is 0 Å². The number of ketones is 1. The fourth-order valence-electron chi connectivity index (χ4n) is 0.814. The molecular weight excluding hydrogens is 138 g/mol. The Morgan fingerprint density at radius 1 is 1.36 bits per heavy atom. The first kappa shape index (κ1) is 10.6. The fourth-order valence-corrected chi connectivity index (χ4v) is 0.814. The lowest BCUT2D eigenvalue weighted by Crippen LogP contribution is -2.16. The molecule has 0 saturated heterocycles. The van der Waals surface area contributed by atoms with Gasteiger partial charge in [0.15, 0.2) is 0 Å². The first-order valence-corrected chi connectivity index (χ1v) is 4.17. The van der Waals surface area contributed by atoms with Crippen molar-refractivity contribution in [1.82, 2.24) is 5.32 Å². The molecule has 0 aromatic carbocycles. The normalized spacial score (nSPS) is 10.0. The summed E-state index contributed by atoms with van der Waals surface area (Å²) < 4.78 is 0. The first-order chi connectivity index (χ1) is 5.27. The number of carbonyl (C=O) groups excluding carboxylic acids is 1. The Hall–Kier alpha value is -0.370. The second-order valence-electron chi connectivity index (χ2n) is 2.70. The van der Waals surface area contributed by atoms with Crippen LogP contribution in [0.5, 0.6) is 0 Å². The average Bonchev–Trinajstić information content (AvgIpc) is 1.96. The summed E-state index contributed by atoms with van der Waals surface area (Å²) in [6.07, 6.45) is 3.38. The van der Waals surface area contributed by atoms with Gasteiger partial charge in [0, 0.05) is 6.42 Å². The van der Waals surface area contributed by atoms with Gasteiger partial charge in [-0.15, -0.1) is 0 Å². The lowest BCUT2D eigenvalue weighted by molar-refractivity contribution is -0.117. The molecule has 0 aliphatic rings. The topological polar surface area (TPSA) is 29.1 Å². The number of nitrogens with one attached hydrogen (secondary N) is 1. The van der Waals surface area contributed by atoms with E-state index in [2.05, 4.69) is 5.32 Å². The van der Waals surface area contributed by atoms with Gasteiger partial charge in [-0.25, -0.2) is 0 Å². The van der Waals surface area contributed by atoms with E-state index in [0.29, 0.717) is 6.42 Å². The summed E-state index contributed by atoms with van der Waals surface area (Å²) in [5.41, 5.74) is 0. The van der Waals surface area contributed by atoms with Crippen molar-refractivity contribution in [3.63, 3.8) is 0 Å². The first-order valence-electron chi connectivity index (χ1n) is 4.17. The molecule has 0 aliphatic carbocycles. The Balaban J connectivity index is 2.85. The van der Waals surface area contributed by atoms with Crippen molar-refractivity contribution in [2.75, 3.05) is 13.1 Å². The fraction of sp³-hybridized carbons (Fsp3) is 0.778. The molecule has 0 amide bonds. The monoisotopic (exact) mass is 155 g/mol. The maximum Gasteiger partial charge on any atom is 0.129 e. The highest BCUT2D eigenvalue weighted by atomic mass is 16.1. The molecule has 11 heavy (non-hydrogen) atoms. The predicted molar refractivity (Wildman–Crippen MR) is 46.3 cm³/mol. The summed E-state index contributed by atoms with van der Waals surface area (Å²) in [6.45, 7) is 8.82. The number of rotatable bonds is 7. The van der Waals surface area contributed by atoms with Crippen molar-refractivity contribution in [2.24, 2.45) is 0 Å². The Kier molecular flexibility index (Phi) is 7.47. The maximum absolute atomic E-state index is 10.5. The van der Waals surface area contributed by atoms with Crippen molar-refractivity contribution in [1.29, 1.82) is 0 Å². The molecule has 2 radical (unpaired) electrons. The number of hydrogen-bond donors (Lipinski definition) is 1. The predicted octanol–water partition coefficient (Wildman–Crippen LogP) is 1.44. The molecule has 2 heteroatoms. The van der Waals surface area contributed by atoms with Gasteiger partial charge in [-0.3, -0.25) is 0 Å². The molecule has 0 saturated carbocycles. The van der Waals surface area contributed by atoms with Gasteiger partial charge < -0.3 is 10.1 Å². The SMILES string of the molecule is [CH]CCCNCCCC(C)=O. The highest BCUT2D eigenvalue weighted by molar-refractivity contribution is 5.75. The highest BCUT2D eigenvalue weighted by Gasteiger charge is 1.91. The molecule has 0 aliphatic heterocycles. The minimum atomic E-state index is 0.269. The van der Waals surface area contributed by atoms with Crippen molar-refractivity contribution in [3.8, 4) is 0 Å². The van der Waals surface area contributed by atoms with Crippen LogP contribution in [-0.4, -0.2) is 18.9 Å². The molecule has 0 fully saturated rings. The van der Waals surface area contributed by atoms with Crippen molar-refractivity contribution >= 4 is 5.78 Å². The quantitative estimate of drug-likeness (QED) is 0.564. The van der Waals surface area contributed by atoms with Crippen LogP contribution in [0.2, 0.25) is 0 Å². The summed E-state index contributed by atoms with van der Waals surface area (Å²) in [5, 5.41) is 3.21. The van der Waals surface area contributed by atoms with E-state index < -0.39 is 0 Å². The van der Waals surface area contributed by atoms with Crippen molar-refractivity contribution < 1.29 is 4.79 Å². The van der Waals surface area contributed by atoms with Crippen LogP contribution >= 0.6 is 0 Å². The summed E-state index contributed by atoms with van der Waals surface area (Å²) in [6, 6.07) is 0. The average molecular weight is 155 g/mol. The van der Waals surface area contributed by atoms with Crippen molar-refractivity contribution in [3.05, 3.63) is 6.92 Å². The molecule has 0 aromatic heterocycles. The molecule has 0 heterocycles. The van der Waals surface area contributed by atoms with E-state index in [1.807, 2.05) is 0 Å². The van der Waals surface area contributed by atoms with E-state index >= 15 is 0 Å². The van der Waals surface area contributed by atoms with Crippen LogP contribution in [0.4, 0.5) is 0 Å². The number of hydrogen-bond acceptors (Lipinski definition) is 2. The summed E-state index contributed by atoms with van der Waals surface area (Å²) in [7, 11) is 0. The zero-order chi connectivity index (χ0) is 8.53. The molecule has 0 bridgehead atoms. The lowest BCUT2D eigenvalue weighted by Gasteiger charge is -2.00. The van der Waals surface area contributed by atoms with Gasteiger partial charge in [0.1, 0.15) is 5.78 Å². The van der Waals surface area contributed by atoms with Gasteiger partial charge in [0.2, 0.25) is 0 Å². The molecule has 64 valence electrons. The van der Waals surface area contributed by atoms with E-state index in [1.54, 1.807) is 6.92 Å².